The lowest BCUT2D eigenvalue weighted by Crippen LogP contribution is -2.65. The van der Waals surface area contributed by atoms with Gasteiger partial charge in [-0.3, -0.25) is 0 Å². The molecule has 16 nitrogen and oxygen atoms in total. The Labute approximate surface area is 211 Å². The van der Waals surface area contributed by atoms with Crippen molar-refractivity contribution in [3.63, 3.8) is 0 Å². The molecule has 3 fully saturated rings. The van der Waals surface area contributed by atoms with Gasteiger partial charge in [0.2, 0.25) is 0 Å². The molecule has 3 aliphatic rings. The third kappa shape index (κ3) is 6.64. The maximum atomic E-state index is 10.9. The number of aliphatic hydroxyl groups excluding tert-OH is 10. The highest BCUT2D eigenvalue weighted by molar-refractivity contribution is 4.95. The first-order chi connectivity index (χ1) is 17.5. The molecule has 0 amide bonds. The summed E-state index contributed by atoms with van der Waals surface area (Å²) in [5, 5.41) is 101. The van der Waals surface area contributed by atoms with Gasteiger partial charge < -0.3 is 79.5 Å². The van der Waals surface area contributed by atoms with Crippen LogP contribution in [0, 0.1) is 0 Å². The largest absolute Gasteiger partial charge is 0.394 e. The zero-order chi connectivity index (χ0) is 27.4. The van der Waals surface area contributed by atoms with E-state index in [2.05, 4.69) is 6.58 Å². The average Bonchev–Trinajstić information content (AvgIpc) is 2.89. The zero-order valence-electron chi connectivity index (χ0n) is 19.7. The monoisotopic (exact) mass is 544 g/mol. The van der Waals surface area contributed by atoms with Gasteiger partial charge in [-0.1, -0.05) is 6.08 Å². The Bertz CT molecular complexity index is 710. The number of rotatable bonds is 10. The van der Waals surface area contributed by atoms with E-state index in [0.29, 0.717) is 0 Å². The first-order valence-corrected chi connectivity index (χ1v) is 11.7. The predicted octanol–water partition coefficient (Wildman–Crippen LogP) is -6.36. The molecular formula is C21H36O16. The second-order valence-corrected chi connectivity index (χ2v) is 8.97. The summed E-state index contributed by atoms with van der Waals surface area (Å²) in [4.78, 5) is 0. The Kier molecular flexibility index (Phi) is 11.1. The molecule has 3 heterocycles. The van der Waals surface area contributed by atoms with E-state index in [4.69, 9.17) is 28.4 Å². The van der Waals surface area contributed by atoms with E-state index >= 15 is 0 Å². The fraction of sp³-hybridized carbons (Fsp3) is 0.905. The molecular weight excluding hydrogens is 508 g/mol. The van der Waals surface area contributed by atoms with Gasteiger partial charge in [0, 0.05) is 0 Å². The highest BCUT2D eigenvalue weighted by Crippen LogP contribution is 2.30. The van der Waals surface area contributed by atoms with E-state index in [1.807, 2.05) is 0 Å². The summed E-state index contributed by atoms with van der Waals surface area (Å²) in [6.07, 6.45) is -22.5. The van der Waals surface area contributed by atoms with Crippen molar-refractivity contribution >= 4 is 0 Å². The van der Waals surface area contributed by atoms with E-state index in [1.54, 1.807) is 0 Å². The van der Waals surface area contributed by atoms with Gasteiger partial charge in [-0.05, 0) is 0 Å². The molecule has 0 aromatic rings. The summed E-state index contributed by atoms with van der Waals surface area (Å²) in [6, 6.07) is 0. The Hall–Kier alpha value is -0.900. The molecule has 15 atom stereocenters. The highest BCUT2D eigenvalue weighted by Gasteiger charge is 2.52. The smallest absolute Gasteiger partial charge is 0.187 e. The van der Waals surface area contributed by atoms with Crippen LogP contribution in [0.3, 0.4) is 0 Å². The van der Waals surface area contributed by atoms with Crippen LogP contribution in [0.2, 0.25) is 0 Å². The van der Waals surface area contributed by atoms with E-state index in [9.17, 15) is 51.1 Å². The van der Waals surface area contributed by atoms with Crippen LogP contribution in [0.4, 0.5) is 0 Å². The third-order valence-electron chi connectivity index (χ3n) is 6.43. The fourth-order valence-electron chi connectivity index (χ4n) is 4.23. The molecule has 3 aliphatic heterocycles. The molecule has 37 heavy (non-hydrogen) atoms. The average molecular weight is 545 g/mol. The standard InChI is InChI=1S/C21H36O16/c1-2-3-32-20-17(31)18(37-21-16(30)14(28)11(25)8(5-23)35-21)12(26)9(36-20)6-33-19-15(29)13(27)10(24)7(4-22)34-19/h2,7-31H,1,3-6H2/t7?,8-,9?,10+,11+,12+,13?,14?,15?,16?,17?,18?,19-,20-,21+/m0/s1. The Morgan fingerprint density at radius 3 is 1.59 bits per heavy atom. The lowest BCUT2D eigenvalue weighted by Gasteiger charge is -2.46. The lowest BCUT2D eigenvalue weighted by atomic mass is 9.96. The molecule has 0 aromatic carbocycles. The van der Waals surface area contributed by atoms with Crippen LogP contribution in [0.25, 0.3) is 0 Å². The molecule has 0 saturated carbocycles. The normalized spacial score (nSPS) is 49.1. The summed E-state index contributed by atoms with van der Waals surface area (Å²) in [7, 11) is 0. The van der Waals surface area contributed by atoms with Crippen molar-refractivity contribution < 1.29 is 79.5 Å². The van der Waals surface area contributed by atoms with Gasteiger partial charge in [0.05, 0.1) is 26.4 Å². The topological polar surface area (TPSA) is 258 Å². The number of aliphatic hydroxyl groups is 10. The van der Waals surface area contributed by atoms with Crippen LogP contribution < -0.4 is 0 Å². The number of hydrogen-bond acceptors (Lipinski definition) is 16. The molecule has 216 valence electrons. The van der Waals surface area contributed by atoms with Gasteiger partial charge in [0.1, 0.15) is 73.2 Å². The van der Waals surface area contributed by atoms with Gasteiger partial charge in [-0.2, -0.15) is 0 Å². The summed E-state index contributed by atoms with van der Waals surface area (Å²) in [6.45, 7) is 1.43. The molecule has 0 radical (unpaired) electrons. The van der Waals surface area contributed by atoms with Gasteiger partial charge in [-0.15, -0.1) is 6.58 Å². The number of ether oxygens (including phenoxy) is 6. The fourth-order valence-corrected chi connectivity index (χ4v) is 4.23. The predicted molar refractivity (Wildman–Crippen MR) is 115 cm³/mol. The van der Waals surface area contributed by atoms with Crippen molar-refractivity contribution in [2.24, 2.45) is 0 Å². The first-order valence-electron chi connectivity index (χ1n) is 11.7. The molecule has 0 bridgehead atoms. The quantitative estimate of drug-likeness (QED) is 0.115. The van der Waals surface area contributed by atoms with Crippen LogP contribution in [0.5, 0.6) is 0 Å². The number of hydrogen-bond donors (Lipinski definition) is 10. The molecule has 16 heteroatoms. The minimum absolute atomic E-state index is 0.0924. The Morgan fingerprint density at radius 1 is 0.568 bits per heavy atom. The Balaban J connectivity index is 1.73. The van der Waals surface area contributed by atoms with Crippen LogP contribution >= 0.6 is 0 Å². The van der Waals surface area contributed by atoms with Crippen LogP contribution in [0.15, 0.2) is 12.7 Å². The van der Waals surface area contributed by atoms with Crippen molar-refractivity contribution in [2.75, 3.05) is 26.4 Å². The highest BCUT2D eigenvalue weighted by atomic mass is 16.7. The van der Waals surface area contributed by atoms with Gasteiger partial charge in [-0.25, -0.2) is 0 Å². The first kappa shape index (κ1) is 30.6. The zero-order valence-corrected chi connectivity index (χ0v) is 19.7. The molecule has 0 aliphatic carbocycles. The molecule has 3 rings (SSSR count). The van der Waals surface area contributed by atoms with Gasteiger partial charge in [0.15, 0.2) is 18.9 Å². The molecule has 3 saturated heterocycles. The summed E-state index contributed by atoms with van der Waals surface area (Å²) in [5.41, 5.74) is 0. The molecule has 10 N–H and O–H groups in total. The second-order valence-electron chi connectivity index (χ2n) is 8.97. The molecule has 0 spiro atoms. The SMILES string of the molecule is C=CCO[C@H]1OC(CO[C@H]2OC(CO)[C@@H](O)C(O)C2O)[C@@H](O)C(O[C@H]2O[C@@H](CO)[C@@H](O)C(O)C2O)C1O. The van der Waals surface area contributed by atoms with E-state index < -0.39 is 112 Å². The van der Waals surface area contributed by atoms with E-state index in [1.165, 1.54) is 6.08 Å². The summed E-state index contributed by atoms with van der Waals surface area (Å²) in [5.74, 6) is 0. The third-order valence-corrected chi connectivity index (χ3v) is 6.43. The van der Waals surface area contributed by atoms with Crippen molar-refractivity contribution in [2.45, 2.75) is 92.1 Å². The van der Waals surface area contributed by atoms with Crippen molar-refractivity contribution in [1.82, 2.24) is 0 Å². The van der Waals surface area contributed by atoms with E-state index in [-0.39, 0.29) is 6.61 Å². The van der Waals surface area contributed by atoms with Crippen LogP contribution in [-0.2, 0) is 28.4 Å². The molecule has 8 unspecified atom stereocenters. The minimum atomic E-state index is -1.82. The summed E-state index contributed by atoms with van der Waals surface area (Å²) >= 11 is 0. The summed E-state index contributed by atoms with van der Waals surface area (Å²) < 4.78 is 32.5. The van der Waals surface area contributed by atoms with Crippen LogP contribution in [0.1, 0.15) is 0 Å². The maximum absolute atomic E-state index is 10.9. The lowest BCUT2D eigenvalue weighted by molar-refractivity contribution is -0.365. The Morgan fingerprint density at radius 2 is 1.05 bits per heavy atom. The maximum Gasteiger partial charge on any atom is 0.187 e. The minimum Gasteiger partial charge on any atom is -0.394 e. The van der Waals surface area contributed by atoms with E-state index in [0.717, 1.165) is 0 Å². The van der Waals surface area contributed by atoms with Crippen LogP contribution in [-0.4, -0.2) is 170 Å². The van der Waals surface area contributed by atoms with Gasteiger partial charge >= 0.3 is 0 Å². The van der Waals surface area contributed by atoms with Crippen molar-refractivity contribution in [1.29, 1.82) is 0 Å². The van der Waals surface area contributed by atoms with Gasteiger partial charge in [0.25, 0.3) is 0 Å². The van der Waals surface area contributed by atoms with Crippen molar-refractivity contribution in [3.8, 4) is 0 Å². The van der Waals surface area contributed by atoms with Crippen molar-refractivity contribution in [3.05, 3.63) is 12.7 Å². The molecule has 0 aromatic heterocycles. The second kappa shape index (κ2) is 13.4.